The molecule has 2 N–H and O–H groups in total. The van der Waals surface area contributed by atoms with Crippen molar-refractivity contribution in [3.63, 3.8) is 0 Å². The molecule has 7 nitrogen and oxygen atoms in total. The maximum Gasteiger partial charge on any atom is 0.349 e. The van der Waals surface area contributed by atoms with Crippen LogP contribution in [0.4, 0.5) is 5.82 Å². The van der Waals surface area contributed by atoms with E-state index in [1.54, 1.807) is 16.8 Å². The molecule has 0 amide bonds. The minimum atomic E-state index is -0.345. The number of fused-ring (bicyclic) bond motifs is 1. The van der Waals surface area contributed by atoms with E-state index in [0.29, 0.717) is 13.1 Å². The van der Waals surface area contributed by atoms with Crippen LogP contribution in [-0.2, 0) is 13.1 Å². The van der Waals surface area contributed by atoms with Crippen LogP contribution in [0, 0.1) is 5.92 Å². The van der Waals surface area contributed by atoms with Crippen LogP contribution in [0.15, 0.2) is 54.0 Å². The molecule has 2 aromatic heterocycles. The van der Waals surface area contributed by atoms with Crippen molar-refractivity contribution >= 4 is 16.9 Å². The third-order valence-corrected chi connectivity index (χ3v) is 3.70. The fourth-order valence-corrected chi connectivity index (χ4v) is 2.60. The summed E-state index contributed by atoms with van der Waals surface area (Å²) >= 11 is 0. The minimum Gasteiger partial charge on any atom is -0.383 e. The zero-order chi connectivity index (χ0) is 16.2. The number of nitrogens with zero attached hydrogens (tertiary/aromatic N) is 5. The Hall–Kier alpha value is -2.96. The van der Waals surface area contributed by atoms with Gasteiger partial charge in [-0.25, -0.2) is 9.48 Å². The normalized spacial score (nSPS) is 12.3. The Labute approximate surface area is 133 Å². The van der Waals surface area contributed by atoms with Gasteiger partial charge in [0.25, 0.3) is 0 Å². The Morgan fingerprint density at radius 1 is 1.26 bits per heavy atom. The van der Waals surface area contributed by atoms with Crippen molar-refractivity contribution in [1.29, 1.82) is 0 Å². The zero-order valence-corrected chi connectivity index (χ0v) is 12.7. The number of benzene rings is 1. The van der Waals surface area contributed by atoms with Gasteiger partial charge in [0.1, 0.15) is 11.3 Å². The average molecular weight is 310 g/mol. The van der Waals surface area contributed by atoms with Gasteiger partial charge in [0.15, 0.2) is 0 Å². The second-order valence-electron chi connectivity index (χ2n) is 5.44. The van der Waals surface area contributed by atoms with E-state index in [9.17, 15) is 4.79 Å². The lowest BCUT2D eigenvalue weighted by atomic mass is 10.1. The Morgan fingerprint density at radius 2 is 2.09 bits per heavy atom. The largest absolute Gasteiger partial charge is 0.383 e. The molecule has 118 valence electrons. The molecule has 0 aliphatic heterocycles. The second kappa shape index (κ2) is 6.43. The first-order chi connectivity index (χ1) is 11.2. The molecule has 1 aromatic carbocycles. The first kappa shape index (κ1) is 15.0. The molecule has 23 heavy (non-hydrogen) atoms. The van der Waals surface area contributed by atoms with Crippen molar-refractivity contribution in [2.24, 2.45) is 5.92 Å². The molecule has 0 saturated heterocycles. The molecule has 0 radical (unpaired) electrons. The van der Waals surface area contributed by atoms with Crippen molar-refractivity contribution in [2.45, 2.75) is 19.5 Å². The lowest BCUT2D eigenvalue weighted by molar-refractivity contribution is 0.365. The fraction of sp³-hybridized carbons (Fsp3) is 0.250. The standard InChI is InChI=1S/C16H18N6O/c1-2-5-12(10-21-9-8-15(17)18-16(21)23)11-22-14-7-4-3-6-13(14)19-20-22/h2-4,6-9,12H,1,5,10-11H2,(H2,17,18,23). The van der Waals surface area contributed by atoms with E-state index < -0.39 is 0 Å². The molecule has 0 aliphatic rings. The molecule has 3 aromatic rings. The van der Waals surface area contributed by atoms with Gasteiger partial charge < -0.3 is 5.73 Å². The van der Waals surface area contributed by atoms with E-state index in [-0.39, 0.29) is 17.4 Å². The molecule has 0 fully saturated rings. The summed E-state index contributed by atoms with van der Waals surface area (Å²) in [5, 5.41) is 8.36. The number of anilines is 1. The van der Waals surface area contributed by atoms with Crippen LogP contribution in [0.2, 0.25) is 0 Å². The van der Waals surface area contributed by atoms with Crippen molar-refractivity contribution < 1.29 is 0 Å². The summed E-state index contributed by atoms with van der Waals surface area (Å²) in [6.07, 6.45) is 4.27. The monoisotopic (exact) mass is 310 g/mol. The molecular formula is C16H18N6O. The number of allylic oxidation sites excluding steroid dienone is 1. The minimum absolute atomic E-state index is 0.153. The summed E-state index contributed by atoms with van der Waals surface area (Å²) < 4.78 is 3.42. The van der Waals surface area contributed by atoms with Gasteiger partial charge in [0, 0.05) is 25.2 Å². The van der Waals surface area contributed by atoms with Crippen LogP contribution >= 0.6 is 0 Å². The molecule has 2 heterocycles. The second-order valence-corrected chi connectivity index (χ2v) is 5.44. The Balaban J connectivity index is 1.84. The summed E-state index contributed by atoms with van der Waals surface area (Å²) in [5.41, 5.74) is 7.01. The molecule has 0 spiro atoms. The Bertz CT molecular complexity index is 881. The number of para-hydroxylation sites is 1. The van der Waals surface area contributed by atoms with Crippen LogP contribution in [0.25, 0.3) is 11.0 Å². The van der Waals surface area contributed by atoms with Gasteiger partial charge in [-0.1, -0.05) is 23.4 Å². The van der Waals surface area contributed by atoms with Crippen molar-refractivity contribution in [2.75, 3.05) is 5.73 Å². The molecule has 0 bridgehead atoms. The van der Waals surface area contributed by atoms with Crippen molar-refractivity contribution in [3.05, 3.63) is 59.7 Å². The van der Waals surface area contributed by atoms with E-state index in [1.807, 2.05) is 35.0 Å². The van der Waals surface area contributed by atoms with Gasteiger partial charge in [0.05, 0.1) is 5.52 Å². The first-order valence-corrected chi connectivity index (χ1v) is 7.39. The van der Waals surface area contributed by atoms with Gasteiger partial charge in [-0.3, -0.25) is 4.57 Å². The summed E-state index contributed by atoms with van der Waals surface area (Å²) in [7, 11) is 0. The molecule has 0 aliphatic carbocycles. The van der Waals surface area contributed by atoms with Crippen LogP contribution in [0.5, 0.6) is 0 Å². The number of nitrogen functional groups attached to an aromatic ring is 1. The van der Waals surface area contributed by atoms with Crippen molar-refractivity contribution in [1.82, 2.24) is 24.5 Å². The van der Waals surface area contributed by atoms with Gasteiger partial charge in [-0.05, 0) is 24.6 Å². The molecule has 1 atom stereocenters. The van der Waals surface area contributed by atoms with E-state index in [2.05, 4.69) is 21.9 Å². The number of nitrogens with two attached hydrogens (primary N) is 1. The van der Waals surface area contributed by atoms with E-state index >= 15 is 0 Å². The zero-order valence-electron chi connectivity index (χ0n) is 12.7. The lowest BCUT2D eigenvalue weighted by Crippen LogP contribution is -2.28. The maximum absolute atomic E-state index is 11.9. The van der Waals surface area contributed by atoms with E-state index in [4.69, 9.17) is 5.73 Å². The predicted octanol–water partition coefficient (Wildman–Crippen LogP) is 1.46. The van der Waals surface area contributed by atoms with Crippen LogP contribution in [0.3, 0.4) is 0 Å². The van der Waals surface area contributed by atoms with Crippen LogP contribution < -0.4 is 11.4 Å². The SMILES string of the molecule is C=CCC(Cn1ccc(N)nc1=O)Cn1nnc2ccccc21. The highest BCUT2D eigenvalue weighted by molar-refractivity contribution is 5.73. The number of rotatable bonds is 6. The fourth-order valence-electron chi connectivity index (χ4n) is 2.60. The number of hydrogen-bond donors (Lipinski definition) is 1. The molecule has 1 unspecified atom stereocenters. The molecule has 3 rings (SSSR count). The lowest BCUT2D eigenvalue weighted by Gasteiger charge is -2.16. The molecule has 0 saturated carbocycles. The third kappa shape index (κ3) is 3.28. The topological polar surface area (TPSA) is 91.6 Å². The Kier molecular flexibility index (Phi) is 4.18. The van der Waals surface area contributed by atoms with Gasteiger partial charge in [-0.15, -0.1) is 11.7 Å². The van der Waals surface area contributed by atoms with Crippen LogP contribution in [0.1, 0.15) is 6.42 Å². The van der Waals surface area contributed by atoms with E-state index in [0.717, 1.165) is 17.5 Å². The van der Waals surface area contributed by atoms with Crippen molar-refractivity contribution in [3.8, 4) is 0 Å². The number of aromatic nitrogens is 5. The highest BCUT2D eigenvalue weighted by Gasteiger charge is 2.13. The quantitative estimate of drug-likeness (QED) is 0.696. The Morgan fingerprint density at radius 3 is 2.87 bits per heavy atom. The summed E-state index contributed by atoms with van der Waals surface area (Å²) in [6.45, 7) is 4.96. The molecular weight excluding hydrogens is 292 g/mol. The third-order valence-electron chi connectivity index (χ3n) is 3.70. The summed E-state index contributed by atoms with van der Waals surface area (Å²) in [4.78, 5) is 15.7. The summed E-state index contributed by atoms with van der Waals surface area (Å²) in [6, 6.07) is 9.42. The highest BCUT2D eigenvalue weighted by atomic mass is 16.1. The number of hydrogen-bond acceptors (Lipinski definition) is 5. The van der Waals surface area contributed by atoms with Gasteiger partial charge in [0.2, 0.25) is 0 Å². The highest BCUT2D eigenvalue weighted by Crippen LogP contribution is 2.15. The maximum atomic E-state index is 11.9. The smallest absolute Gasteiger partial charge is 0.349 e. The van der Waals surface area contributed by atoms with Gasteiger partial charge >= 0.3 is 5.69 Å². The summed E-state index contributed by atoms with van der Waals surface area (Å²) in [5.74, 6) is 0.384. The van der Waals surface area contributed by atoms with E-state index in [1.165, 1.54) is 0 Å². The average Bonchev–Trinajstić information content (AvgIpc) is 2.94. The van der Waals surface area contributed by atoms with Gasteiger partial charge in [-0.2, -0.15) is 4.98 Å². The first-order valence-electron chi connectivity index (χ1n) is 7.39. The molecule has 7 heteroatoms. The van der Waals surface area contributed by atoms with Crippen LogP contribution in [-0.4, -0.2) is 24.5 Å². The predicted molar refractivity (Wildman–Crippen MR) is 88.7 cm³/mol.